The van der Waals surface area contributed by atoms with E-state index in [1.165, 1.54) is 0 Å². The molecule has 0 aliphatic heterocycles. The predicted octanol–water partition coefficient (Wildman–Crippen LogP) is 1.19. The third-order valence-electron chi connectivity index (χ3n) is 1.39. The van der Waals surface area contributed by atoms with Crippen LogP contribution in [0.2, 0.25) is 0 Å². The Hall–Kier alpha value is -0.540. The van der Waals surface area contributed by atoms with Crippen molar-refractivity contribution in [1.29, 1.82) is 0 Å². The average molecular weight is 192 g/mol. The molecule has 0 bridgehead atoms. The van der Waals surface area contributed by atoms with Crippen LogP contribution >= 0.6 is 11.6 Å². The molecular weight excluding hydrogens is 178 g/mol. The Morgan fingerprint density at radius 1 is 1.58 bits per heavy atom. The van der Waals surface area contributed by atoms with E-state index < -0.39 is 5.97 Å². The summed E-state index contributed by atoms with van der Waals surface area (Å²) in [6, 6.07) is 0. The Morgan fingerprint density at radius 2 is 2.17 bits per heavy atom. The molecule has 4 heteroatoms. The molecule has 0 aliphatic carbocycles. The average Bonchev–Trinajstić information content (AvgIpc) is 1.96. The van der Waals surface area contributed by atoms with Gasteiger partial charge in [0.1, 0.15) is 0 Å². The van der Waals surface area contributed by atoms with E-state index in [1.807, 2.05) is 19.0 Å². The van der Waals surface area contributed by atoms with Crippen LogP contribution in [0.25, 0.3) is 0 Å². The van der Waals surface area contributed by atoms with Gasteiger partial charge in [0.15, 0.2) is 0 Å². The summed E-state index contributed by atoms with van der Waals surface area (Å²) in [5.74, 6) is -0.855. The van der Waals surface area contributed by atoms with Crippen molar-refractivity contribution < 1.29 is 9.90 Å². The molecule has 0 saturated heterocycles. The second-order valence-electron chi connectivity index (χ2n) is 2.76. The molecular formula is C8H14ClNO2. The van der Waals surface area contributed by atoms with Crippen LogP contribution in [0.1, 0.15) is 6.42 Å². The summed E-state index contributed by atoms with van der Waals surface area (Å²) in [5, 5.41) is 8.57. The second-order valence-corrected chi connectivity index (χ2v) is 3.03. The standard InChI is InChI=1S/C8H14ClNO2/c1-10(2)5-3-4-7(6-9)8(11)12/h4H,3,5-6H2,1-2H3,(H,11,12). The van der Waals surface area contributed by atoms with Crippen LogP contribution in [0.15, 0.2) is 11.6 Å². The van der Waals surface area contributed by atoms with Crippen molar-refractivity contribution in [3.8, 4) is 0 Å². The normalized spacial score (nSPS) is 12.2. The first-order valence-electron chi connectivity index (χ1n) is 3.71. The van der Waals surface area contributed by atoms with Crippen LogP contribution in [0, 0.1) is 0 Å². The Bertz CT molecular complexity index is 178. The van der Waals surface area contributed by atoms with Gasteiger partial charge in [-0.05, 0) is 20.5 Å². The summed E-state index contributed by atoms with van der Waals surface area (Å²) in [6.45, 7) is 0.841. The number of rotatable bonds is 5. The molecule has 0 atom stereocenters. The quantitative estimate of drug-likeness (QED) is 0.524. The summed E-state index contributed by atoms with van der Waals surface area (Å²) in [7, 11) is 3.88. The fourth-order valence-corrected chi connectivity index (χ4v) is 0.919. The predicted molar refractivity (Wildman–Crippen MR) is 49.6 cm³/mol. The van der Waals surface area contributed by atoms with Gasteiger partial charge in [0.05, 0.1) is 5.88 Å². The molecule has 0 radical (unpaired) electrons. The first kappa shape index (κ1) is 11.5. The van der Waals surface area contributed by atoms with Crippen LogP contribution in [-0.4, -0.2) is 42.5 Å². The molecule has 1 N–H and O–H groups in total. The number of hydrogen-bond donors (Lipinski definition) is 1. The van der Waals surface area contributed by atoms with Crippen LogP contribution in [0.5, 0.6) is 0 Å². The molecule has 0 unspecified atom stereocenters. The van der Waals surface area contributed by atoms with E-state index >= 15 is 0 Å². The molecule has 12 heavy (non-hydrogen) atoms. The first-order chi connectivity index (χ1) is 5.57. The lowest BCUT2D eigenvalue weighted by molar-refractivity contribution is -0.132. The number of alkyl halides is 1. The van der Waals surface area contributed by atoms with Gasteiger partial charge in [-0.2, -0.15) is 0 Å². The maximum Gasteiger partial charge on any atom is 0.332 e. The van der Waals surface area contributed by atoms with E-state index in [1.54, 1.807) is 6.08 Å². The molecule has 3 nitrogen and oxygen atoms in total. The lowest BCUT2D eigenvalue weighted by atomic mass is 10.2. The molecule has 0 spiro atoms. The maximum absolute atomic E-state index is 10.4. The first-order valence-corrected chi connectivity index (χ1v) is 4.24. The van der Waals surface area contributed by atoms with Crippen molar-refractivity contribution in [2.24, 2.45) is 0 Å². The summed E-state index contributed by atoms with van der Waals surface area (Å²) in [5.41, 5.74) is 0.276. The molecule has 0 aromatic rings. The van der Waals surface area contributed by atoms with E-state index in [-0.39, 0.29) is 11.5 Å². The number of nitrogens with zero attached hydrogens (tertiary/aromatic N) is 1. The number of carbonyl (C=O) groups is 1. The largest absolute Gasteiger partial charge is 0.478 e. The zero-order chi connectivity index (χ0) is 9.56. The molecule has 0 aromatic carbocycles. The maximum atomic E-state index is 10.4. The summed E-state index contributed by atoms with van der Waals surface area (Å²) < 4.78 is 0. The van der Waals surface area contributed by atoms with Crippen molar-refractivity contribution in [3.63, 3.8) is 0 Å². The van der Waals surface area contributed by atoms with Gasteiger partial charge in [-0.1, -0.05) is 6.08 Å². The lowest BCUT2D eigenvalue weighted by Gasteiger charge is -2.06. The number of carboxylic acids is 1. The topological polar surface area (TPSA) is 40.5 Å². The molecule has 0 aliphatic rings. The van der Waals surface area contributed by atoms with Crippen LogP contribution in [-0.2, 0) is 4.79 Å². The highest BCUT2D eigenvalue weighted by Crippen LogP contribution is 2.00. The Labute approximate surface area is 77.6 Å². The van der Waals surface area contributed by atoms with Crippen molar-refractivity contribution in [1.82, 2.24) is 4.90 Å². The van der Waals surface area contributed by atoms with E-state index in [0.717, 1.165) is 13.0 Å². The molecule has 0 amide bonds. The Kier molecular flexibility index (Phi) is 5.76. The van der Waals surface area contributed by atoms with Crippen LogP contribution in [0.3, 0.4) is 0 Å². The molecule has 0 heterocycles. The number of hydrogen-bond acceptors (Lipinski definition) is 2. The SMILES string of the molecule is CN(C)CCC=C(CCl)C(=O)O. The van der Waals surface area contributed by atoms with Gasteiger partial charge in [-0.3, -0.25) is 0 Å². The van der Waals surface area contributed by atoms with Gasteiger partial charge >= 0.3 is 5.97 Å². The number of halogens is 1. The smallest absolute Gasteiger partial charge is 0.332 e. The van der Waals surface area contributed by atoms with Gasteiger partial charge in [-0.15, -0.1) is 11.6 Å². The van der Waals surface area contributed by atoms with E-state index in [2.05, 4.69) is 0 Å². The molecule has 0 fully saturated rings. The fraction of sp³-hybridized carbons (Fsp3) is 0.625. The minimum atomic E-state index is -0.927. The third-order valence-corrected chi connectivity index (χ3v) is 1.67. The monoisotopic (exact) mass is 191 g/mol. The molecule has 0 aromatic heterocycles. The fourth-order valence-electron chi connectivity index (χ4n) is 0.696. The summed E-state index contributed by atoms with van der Waals surface area (Å²) in [6.07, 6.45) is 2.39. The highest BCUT2D eigenvalue weighted by atomic mass is 35.5. The molecule has 70 valence electrons. The van der Waals surface area contributed by atoms with Gasteiger partial charge in [0, 0.05) is 12.1 Å². The zero-order valence-corrected chi connectivity index (χ0v) is 8.14. The van der Waals surface area contributed by atoms with Crippen molar-refractivity contribution in [3.05, 3.63) is 11.6 Å². The van der Waals surface area contributed by atoms with Crippen molar-refractivity contribution >= 4 is 17.6 Å². The van der Waals surface area contributed by atoms with Gasteiger partial charge < -0.3 is 10.0 Å². The van der Waals surface area contributed by atoms with Gasteiger partial charge in [-0.25, -0.2) is 4.79 Å². The molecule has 0 saturated carbocycles. The Balaban J connectivity index is 3.87. The van der Waals surface area contributed by atoms with Crippen LogP contribution in [0.4, 0.5) is 0 Å². The van der Waals surface area contributed by atoms with Gasteiger partial charge in [0.2, 0.25) is 0 Å². The lowest BCUT2D eigenvalue weighted by Crippen LogP contribution is -2.12. The highest BCUT2D eigenvalue weighted by molar-refractivity contribution is 6.22. The highest BCUT2D eigenvalue weighted by Gasteiger charge is 2.03. The zero-order valence-electron chi connectivity index (χ0n) is 7.38. The number of carboxylic acid groups (broad SMARTS) is 1. The third kappa shape index (κ3) is 5.16. The van der Waals surface area contributed by atoms with Crippen LogP contribution < -0.4 is 0 Å². The summed E-state index contributed by atoms with van der Waals surface area (Å²) >= 11 is 5.42. The Morgan fingerprint density at radius 3 is 2.50 bits per heavy atom. The van der Waals surface area contributed by atoms with E-state index in [0.29, 0.717) is 0 Å². The van der Waals surface area contributed by atoms with E-state index in [4.69, 9.17) is 16.7 Å². The minimum absolute atomic E-state index is 0.0722. The van der Waals surface area contributed by atoms with Gasteiger partial charge in [0.25, 0.3) is 0 Å². The van der Waals surface area contributed by atoms with E-state index in [9.17, 15) is 4.79 Å². The summed E-state index contributed by atoms with van der Waals surface area (Å²) in [4.78, 5) is 12.4. The molecule has 0 rings (SSSR count). The van der Waals surface area contributed by atoms with Crippen molar-refractivity contribution in [2.75, 3.05) is 26.5 Å². The minimum Gasteiger partial charge on any atom is -0.478 e. The number of aliphatic carboxylic acids is 1. The van der Waals surface area contributed by atoms with Crippen molar-refractivity contribution in [2.45, 2.75) is 6.42 Å². The second kappa shape index (κ2) is 6.03.